The highest BCUT2D eigenvalue weighted by atomic mass is 19.1. The molecule has 0 fully saturated rings. The lowest BCUT2D eigenvalue weighted by Gasteiger charge is -2.22. The number of urea groups is 1. The fourth-order valence-electron chi connectivity index (χ4n) is 2.10. The largest absolute Gasteiger partial charge is 0.344 e. The average Bonchev–Trinajstić information content (AvgIpc) is 2.58. The van der Waals surface area contributed by atoms with Crippen molar-refractivity contribution in [3.63, 3.8) is 0 Å². The minimum absolute atomic E-state index is 0.170. The van der Waals surface area contributed by atoms with Crippen LogP contribution < -0.4 is 4.90 Å². The first-order chi connectivity index (χ1) is 12.2. The second kappa shape index (κ2) is 7.77. The number of carbonyl (C=O) groups excluding carboxylic acids is 1. The Hall–Kier alpha value is -3.23. The number of amidine groups is 1. The van der Waals surface area contributed by atoms with Crippen LogP contribution in [0, 0.1) is 23.3 Å². The van der Waals surface area contributed by atoms with E-state index < -0.39 is 29.3 Å². The molecule has 9 heteroatoms. The third-order valence-electron chi connectivity index (χ3n) is 3.40. The van der Waals surface area contributed by atoms with Crippen molar-refractivity contribution in [3.05, 3.63) is 65.2 Å². The van der Waals surface area contributed by atoms with Gasteiger partial charge in [-0.1, -0.05) is 0 Å². The van der Waals surface area contributed by atoms with E-state index in [2.05, 4.69) is 16.8 Å². The number of hydrogen-bond acceptors (Lipinski definition) is 2. The molecule has 26 heavy (non-hydrogen) atoms. The zero-order chi connectivity index (χ0) is 19.4. The molecule has 0 radical (unpaired) electrons. The summed E-state index contributed by atoms with van der Waals surface area (Å²) in [6.45, 7) is 3.25. The van der Waals surface area contributed by atoms with Gasteiger partial charge < -0.3 is 0 Å². The predicted octanol–water partition coefficient (Wildman–Crippen LogP) is 3.79. The van der Waals surface area contributed by atoms with Crippen LogP contribution in [0.15, 0.2) is 46.5 Å². The Morgan fingerprint density at radius 2 is 1.54 bits per heavy atom. The number of halogens is 4. The number of rotatable bonds is 3. The lowest BCUT2D eigenvalue weighted by molar-refractivity contribution is 0.218. The van der Waals surface area contributed by atoms with Gasteiger partial charge in [-0.2, -0.15) is 0 Å². The number of aliphatic imine (C=N–C) groups is 1. The van der Waals surface area contributed by atoms with E-state index in [9.17, 15) is 22.4 Å². The first-order valence-electron chi connectivity index (χ1n) is 7.21. The van der Waals surface area contributed by atoms with Gasteiger partial charge in [0.15, 0.2) is 5.84 Å². The van der Waals surface area contributed by atoms with Gasteiger partial charge in [-0.05, 0) is 31.0 Å². The van der Waals surface area contributed by atoms with Gasteiger partial charge in [-0.25, -0.2) is 32.4 Å². The molecule has 0 unspecified atom stereocenters. The average molecular weight is 366 g/mol. The molecule has 5 nitrogen and oxygen atoms in total. The van der Waals surface area contributed by atoms with Gasteiger partial charge in [0.1, 0.15) is 23.3 Å². The summed E-state index contributed by atoms with van der Waals surface area (Å²) in [5.74, 6) is -3.72. The second-order valence-corrected chi connectivity index (χ2v) is 5.17. The predicted molar refractivity (Wildman–Crippen MR) is 90.4 cm³/mol. The van der Waals surface area contributed by atoms with Gasteiger partial charge in [0.25, 0.3) is 0 Å². The molecule has 0 aromatic heterocycles. The van der Waals surface area contributed by atoms with E-state index in [-0.39, 0.29) is 17.1 Å². The maximum Gasteiger partial charge on any atom is 0.344 e. The number of hydrogen-bond donors (Lipinski definition) is 0. The maximum absolute atomic E-state index is 13.8. The lowest BCUT2D eigenvalue weighted by atomic mass is 10.2. The molecule has 0 saturated heterocycles. The SMILES string of the molecule is C=N/C(=N\N(C)C(=O)N(C)c1ccc(F)cc1F)c1ccc(F)cc1F. The zero-order valence-electron chi connectivity index (χ0n) is 13.9. The van der Waals surface area contributed by atoms with Crippen molar-refractivity contribution in [1.29, 1.82) is 0 Å². The summed E-state index contributed by atoms with van der Waals surface area (Å²) in [6, 6.07) is 4.65. The molecule has 2 aromatic carbocycles. The molecule has 0 saturated carbocycles. The number of carbonyl (C=O) groups is 1. The van der Waals surface area contributed by atoms with Crippen LogP contribution in [0.5, 0.6) is 0 Å². The van der Waals surface area contributed by atoms with E-state index in [4.69, 9.17) is 0 Å². The van der Waals surface area contributed by atoms with E-state index in [0.717, 1.165) is 34.2 Å². The van der Waals surface area contributed by atoms with Gasteiger partial charge in [0.05, 0.1) is 11.3 Å². The summed E-state index contributed by atoms with van der Waals surface area (Å²) in [7, 11) is 2.48. The van der Waals surface area contributed by atoms with E-state index in [1.807, 2.05) is 0 Å². The van der Waals surface area contributed by atoms with Crippen LogP contribution in [-0.2, 0) is 0 Å². The quantitative estimate of drug-likeness (QED) is 0.353. The summed E-state index contributed by atoms with van der Waals surface area (Å²) in [5, 5.41) is 4.59. The van der Waals surface area contributed by atoms with E-state index in [1.165, 1.54) is 14.1 Å². The van der Waals surface area contributed by atoms with Crippen molar-refractivity contribution in [2.75, 3.05) is 19.0 Å². The zero-order valence-corrected chi connectivity index (χ0v) is 13.9. The van der Waals surface area contributed by atoms with Gasteiger partial charge in [0.2, 0.25) is 0 Å². The molecule has 0 aliphatic carbocycles. The lowest BCUT2D eigenvalue weighted by Crippen LogP contribution is -2.37. The standard InChI is InChI=1S/C17H14F4N4O/c1-22-16(12-6-4-10(18)8-13(12)20)23-25(3)17(26)24(2)15-7-5-11(19)9-14(15)21/h4-9H,1H2,2-3H3/b23-16-. The fraction of sp³-hybridized carbons (Fsp3) is 0.118. The minimum Gasteiger partial charge on any atom is -0.293 e. The monoisotopic (exact) mass is 366 g/mol. The molecule has 0 N–H and O–H groups in total. The highest BCUT2D eigenvalue weighted by Gasteiger charge is 2.20. The van der Waals surface area contributed by atoms with Gasteiger partial charge in [-0.15, -0.1) is 5.10 Å². The maximum atomic E-state index is 13.8. The number of hydrazone groups is 1. The van der Waals surface area contributed by atoms with Crippen molar-refractivity contribution in [1.82, 2.24) is 5.01 Å². The van der Waals surface area contributed by atoms with Crippen molar-refractivity contribution in [3.8, 4) is 0 Å². The van der Waals surface area contributed by atoms with Crippen LogP contribution in [0.3, 0.4) is 0 Å². The second-order valence-electron chi connectivity index (χ2n) is 5.17. The molecular weight excluding hydrogens is 352 g/mol. The number of benzene rings is 2. The summed E-state index contributed by atoms with van der Waals surface area (Å²) in [4.78, 5) is 16.8. The molecule has 0 bridgehead atoms. The Kier molecular flexibility index (Phi) is 5.71. The first kappa shape index (κ1) is 19.1. The summed E-state index contributed by atoms with van der Waals surface area (Å²) < 4.78 is 53.6. The molecule has 0 spiro atoms. The highest BCUT2D eigenvalue weighted by molar-refractivity contribution is 6.02. The summed E-state index contributed by atoms with van der Waals surface area (Å²) in [5.41, 5.74) is -0.351. The van der Waals surface area contributed by atoms with E-state index in [1.54, 1.807) is 0 Å². The number of amides is 2. The molecule has 2 amide bonds. The Morgan fingerprint density at radius 3 is 2.08 bits per heavy atom. The Labute approximate surface area is 146 Å². The molecular formula is C17H14F4N4O. The van der Waals surface area contributed by atoms with Gasteiger partial charge in [-0.3, -0.25) is 4.90 Å². The highest BCUT2D eigenvalue weighted by Crippen LogP contribution is 2.20. The van der Waals surface area contributed by atoms with Crippen LogP contribution in [-0.4, -0.2) is 37.7 Å². The molecule has 0 aliphatic rings. The van der Waals surface area contributed by atoms with Crippen LogP contribution in [0.4, 0.5) is 28.0 Å². The van der Waals surface area contributed by atoms with Crippen molar-refractivity contribution >= 4 is 24.3 Å². The Bertz CT molecular complexity index is 885. The van der Waals surface area contributed by atoms with Crippen molar-refractivity contribution in [2.45, 2.75) is 0 Å². The molecule has 2 aromatic rings. The van der Waals surface area contributed by atoms with Crippen LogP contribution in [0.25, 0.3) is 0 Å². The van der Waals surface area contributed by atoms with Crippen LogP contribution in [0.2, 0.25) is 0 Å². The van der Waals surface area contributed by atoms with Crippen LogP contribution >= 0.6 is 0 Å². The number of anilines is 1. The van der Waals surface area contributed by atoms with Gasteiger partial charge in [0, 0.05) is 26.2 Å². The minimum atomic E-state index is -0.940. The fourth-order valence-corrected chi connectivity index (χ4v) is 2.10. The topological polar surface area (TPSA) is 48.3 Å². The number of nitrogens with zero attached hydrogens (tertiary/aromatic N) is 4. The smallest absolute Gasteiger partial charge is 0.293 e. The molecule has 0 atom stereocenters. The van der Waals surface area contributed by atoms with Crippen LogP contribution in [0.1, 0.15) is 5.56 Å². The van der Waals surface area contributed by atoms with Gasteiger partial charge >= 0.3 is 6.03 Å². The first-order valence-corrected chi connectivity index (χ1v) is 7.21. The third kappa shape index (κ3) is 4.05. The Balaban J connectivity index is 2.30. The Morgan fingerprint density at radius 1 is 0.962 bits per heavy atom. The third-order valence-corrected chi connectivity index (χ3v) is 3.40. The normalized spacial score (nSPS) is 11.2. The van der Waals surface area contributed by atoms with Crippen molar-refractivity contribution in [2.24, 2.45) is 10.1 Å². The molecule has 2 rings (SSSR count). The van der Waals surface area contributed by atoms with Crippen molar-refractivity contribution < 1.29 is 22.4 Å². The van der Waals surface area contributed by atoms with E-state index >= 15 is 0 Å². The summed E-state index contributed by atoms with van der Waals surface area (Å²) in [6.07, 6.45) is 0. The van der Waals surface area contributed by atoms with E-state index in [0.29, 0.717) is 12.1 Å². The molecule has 0 heterocycles. The molecule has 136 valence electrons. The molecule has 0 aliphatic heterocycles. The summed E-state index contributed by atoms with van der Waals surface area (Å²) >= 11 is 0.